The molecule has 0 fully saturated rings. The summed E-state index contributed by atoms with van der Waals surface area (Å²) in [7, 11) is 0. The molecule has 0 nitrogen and oxygen atoms in total. The van der Waals surface area contributed by atoms with E-state index >= 15 is 0 Å². The predicted molar refractivity (Wildman–Crippen MR) is 52.4 cm³/mol. The molecule has 0 N–H and O–H groups in total. The molecule has 0 aromatic rings. The fourth-order valence-corrected chi connectivity index (χ4v) is 1.66. The molecule has 0 saturated carbocycles. The molecule has 11 heavy (non-hydrogen) atoms. The predicted octanol–water partition coefficient (Wildman–Crippen LogP) is 4.06. The van der Waals surface area contributed by atoms with Gasteiger partial charge in [-0.05, 0) is 17.8 Å². The minimum absolute atomic E-state index is 0.819. The van der Waals surface area contributed by atoms with Crippen molar-refractivity contribution in [1.82, 2.24) is 0 Å². The molecule has 0 aliphatic carbocycles. The molecule has 0 aliphatic heterocycles. The molecule has 0 bridgehead atoms. The van der Waals surface area contributed by atoms with Crippen molar-refractivity contribution in [3.63, 3.8) is 0 Å². The van der Waals surface area contributed by atoms with Crippen LogP contribution in [0.5, 0.6) is 0 Å². The van der Waals surface area contributed by atoms with Crippen LogP contribution < -0.4 is 0 Å². The summed E-state index contributed by atoms with van der Waals surface area (Å²) in [5, 5.41) is 0. The maximum absolute atomic E-state index is 2.34. The van der Waals surface area contributed by atoms with Gasteiger partial charge in [-0.3, -0.25) is 0 Å². The smallest absolute Gasteiger partial charge is 0.0213 e. The van der Waals surface area contributed by atoms with E-state index in [1.54, 1.807) is 5.92 Å². The van der Waals surface area contributed by atoms with Crippen molar-refractivity contribution >= 4 is 0 Å². The standard InChI is InChI=1S/C11H23/c1-6-9(4)10(5)11(7-2)8-3/h9,11H,6-8H2,1-5H3. The summed E-state index contributed by atoms with van der Waals surface area (Å²) in [6.45, 7) is 11.5. The van der Waals surface area contributed by atoms with Crippen LogP contribution in [0, 0.1) is 17.8 Å². The molecule has 0 aromatic heterocycles. The van der Waals surface area contributed by atoms with Gasteiger partial charge in [-0.2, -0.15) is 0 Å². The van der Waals surface area contributed by atoms with Gasteiger partial charge in [0.25, 0.3) is 0 Å². The maximum Gasteiger partial charge on any atom is -0.0213 e. The summed E-state index contributed by atoms with van der Waals surface area (Å²) in [4.78, 5) is 0. The molecule has 0 spiro atoms. The van der Waals surface area contributed by atoms with Crippen molar-refractivity contribution in [2.24, 2.45) is 11.8 Å². The topological polar surface area (TPSA) is 0 Å². The molecule has 1 atom stereocenters. The Morgan fingerprint density at radius 3 is 1.73 bits per heavy atom. The second-order valence-electron chi connectivity index (χ2n) is 3.57. The normalized spacial score (nSPS) is 14.5. The van der Waals surface area contributed by atoms with Crippen LogP contribution in [0.3, 0.4) is 0 Å². The molecular formula is C11H23. The Morgan fingerprint density at radius 1 is 1.00 bits per heavy atom. The average Bonchev–Trinajstić information content (AvgIpc) is 2.05. The first kappa shape index (κ1) is 11.0. The summed E-state index contributed by atoms with van der Waals surface area (Å²) in [5.41, 5.74) is 0. The summed E-state index contributed by atoms with van der Waals surface area (Å²) < 4.78 is 0. The molecule has 0 heterocycles. The van der Waals surface area contributed by atoms with Crippen molar-refractivity contribution in [3.05, 3.63) is 5.92 Å². The minimum Gasteiger partial charge on any atom is -0.0651 e. The fourth-order valence-electron chi connectivity index (χ4n) is 1.66. The molecular weight excluding hydrogens is 132 g/mol. The minimum atomic E-state index is 0.819. The van der Waals surface area contributed by atoms with Gasteiger partial charge in [-0.25, -0.2) is 0 Å². The number of hydrogen-bond donors (Lipinski definition) is 0. The molecule has 0 aliphatic rings. The van der Waals surface area contributed by atoms with Gasteiger partial charge in [-0.15, -0.1) is 0 Å². The highest BCUT2D eigenvalue weighted by molar-refractivity contribution is 4.94. The van der Waals surface area contributed by atoms with E-state index in [1.807, 2.05) is 0 Å². The lowest BCUT2D eigenvalue weighted by Gasteiger charge is -2.25. The van der Waals surface area contributed by atoms with E-state index in [-0.39, 0.29) is 0 Å². The Kier molecular flexibility index (Phi) is 5.62. The fraction of sp³-hybridized carbons (Fsp3) is 0.909. The van der Waals surface area contributed by atoms with Gasteiger partial charge in [-0.1, -0.05) is 53.9 Å². The van der Waals surface area contributed by atoms with Crippen LogP contribution >= 0.6 is 0 Å². The zero-order valence-electron chi connectivity index (χ0n) is 8.78. The van der Waals surface area contributed by atoms with Crippen molar-refractivity contribution in [2.45, 2.75) is 53.9 Å². The van der Waals surface area contributed by atoms with E-state index in [0.29, 0.717) is 0 Å². The van der Waals surface area contributed by atoms with Gasteiger partial charge in [0, 0.05) is 0 Å². The van der Waals surface area contributed by atoms with Gasteiger partial charge < -0.3 is 0 Å². The van der Waals surface area contributed by atoms with Crippen molar-refractivity contribution in [2.75, 3.05) is 0 Å². The quantitative estimate of drug-likeness (QED) is 0.561. The van der Waals surface area contributed by atoms with Crippen LogP contribution in [0.4, 0.5) is 0 Å². The Morgan fingerprint density at radius 2 is 1.45 bits per heavy atom. The molecule has 0 aromatic carbocycles. The maximum atomic E-state index is 2.34. The zero-order chi connectivity index (χ0) is 8.85. The van der Waals surface area contributed by atoms with Crippen LogP contribution in [-0.4, -0.2) is 0 Å². The second kappa shape index (κ2) is 5.62. The van der Waals surface area contributed by atoms with Gasteiger partial charge in [0.2, 0.25) is 0 Å². The summed E-state index contributed by atoms with van der Waals surface area (Å²) in [6.07, 6.45) is 3.92. The monoisotopic (exact) mass is 155 g/mol. The van der Waals surface area contributed by atoms with Gasteiger partial charge in [0.05, 0.1) is 0 Å². The van der Waals surface area contributed by atoms with Gasteiger partial charge in [0.1, 0.15) is 0 Å². The van der Waals surface area contributed by atoms with Crippen LogP contribution in [0.15, 0.2) is 0 Å². The van der Waals surface area contributed by atoms with E-state index in [1.165, 1.54) is 19.3 Å². The van der Waals surface area contributed by atoms with E-state index in [2.05, 4.69) is 34.6 Å². The first-order valence-electron chi connectivity index (χ1n) is 5.00. The van der Waals surface area contributed by atoms with Crippen molar-refractivity contribution in [3.8, 4) is 0 Å². The van der Waals surface area contributed by atoms with Crippen LogP contribution in [0.25, 0.3) is 0 Å². The Bertz CT molecular complexity index is 82.0. The van der Waals surface area contributed by atoms with E-state index in [4.69, 9.17) is 0 Å². The molecule has 0 heteroatoms. The highest BCUT2D eigenvalue weighted by atomic mass is 14.2. The molecule has 1 radical (unpaired) electrons. The molecule has 0 rings (SSSR count). The van der Waals surface area contributed by atoms with Crippen molar-refractivity contribution in [1.29, 1.82) is 0 Å². The van der Waals surface area contributed by atoms with Crippen molar-refractivity contribution < 1.29 is 0 Å². The third-order valence-electron chi connectivity index (χ3n) is 3.02. The van der Waals surface area contributed by atoms with Crippen LogP contribution in [0.1, 0.15) is 53.9 Å². The lowest BCUT2D eigenvalue weighted by Crippen LogP contribution is -2.15. The van der Waals surface area contributed by atoms with E-state index in [9.17, 15) is 0 Å². The van der Waals surface area contributed by atoms with E-state index < -0.39 is 0 Å². The molecule has 67 valence electrons. The number of hydrogen-bond acceptors (Lipinski definition) is 0. The van der Waals surface area contributed by atoms with Crippen LogP contribution in [0.2, 0.25) is 0 Å². The lowest BCUT2D eigenvalue weighted by molar-refractivity contribution is 0.411. The third kappa shape index (κ3) is 3.27. The van der Waals surface area contributed by atoms with Gasteiger partial charge in [0.15, 0.2) is 0 Å². The Balaban J connectivity index is 3.86. The SMILES string of the molecule is CCC(C)[C](C)C(CC)CC. The average molecular weight is 155 g/mol. The Labute approximate surface area is 72.4 Å². The highest BCUT2D eigenvalue weighted by Crippen LogP contribution is 2.29. The summed E-state index contributed by atoms with van der Waals surface area (Å²) in [6, 6.07) is 0. The molecule has 0 amide bonds. The number of rotatable bonds is 5. The van der Waals surface area contributed by atoms with Gasteiger partial charge >= 0.3 is 0 Å². The second-order valence-corrected chi connectivity index (χ2v) is 3.57. The summed E-state index contributed by atoms with van der Waals surface area (Å²) >= 11 is 0. The van der Waals surface area contributed by atoms with Crippen LogP contribution in [-0.2, 0) is 0 Å². The molecule has 0 saturated heterocycles. The largest absolute Gasteiger partial charge is 0.0651 e. The zero-order valence-corrected chi connectivity index (χ0v) is 8.78. The third-order valence-corrected chi connectivity index (χ3v) is 3.02. The highest BCUT2D eigenvalue weighted by Gasteiger charge is 2.18. The summed E-state index contributed by atoms with van der Waals surface area (Å²) in [5.74, 6) is 3.39. The lowest BCUT2D eigenvalue weighted by atomic mass is 9.80. The first-order chi connectivity index (χ1) is 5.17. The molecule has 1 unspecified atom stereocenters. The van der Waals surface area contributed by atoms with E-state index in [0.717, 1.165) is 11.8 Å². The Hall–Kier alpha value is 0. The first-order valence-corrected chi connectivity index (χ1v) is 5.00.